The van der Waals surface area contributed by atoms with Crippen LogP contribution in [-0.2, 0) is 0 Å². The molecule has 0 aliphatic carbocycles. The smallest absolute Gasteiger partial charge is 0.180 e. The van der Waals surface area contributed by atoms with Gasteiger partial charge in [0.1, 0.15) is 0 Å². The Balaban J connectivity index is 2.66. The summed E-state index contributed by atoms with van der Waals surface area (Å²) in [6.07, 6.45) is 4.65. The molecule has 1 aliphatic heterocycles. The molecular weight excluding hydrogens is 88.1 g/mol. The standard InChI is InChI=1S/C5H4N2/c1-5-2-3-6-4-7-5/h1-4H. The summed E-state index contributed by atoms with van der Waals surface area (Å²) in [4.78, 5) is 3.65. The zero-order valence-corrected chi connectivity index (χ0v) is 3.70. The molecule has 0 aromatic rings. The Bertz CT molecular complexity index is 119. The van der Waals surface area contributed by atoms with Crippen molar-refractivity contribution in [2.45, 2.75) is 0 Å². The molecule has 0 amide bonds. The third-order valence-corrected chi connectivity index (χ3v) is 0.605. The molecule has 0 saturated carbocycles. The summed E-state index contributed by atoms with van der Waals surface area (Å²) in [7, 11) is 0. The maximum atomic E-state index is 5.21. The zero-order valence-electron chi connectivity index (χ0n) is 3.70. The lowest BCUT2D eigenvalue weighted by Gasteiger charge is -1.99. The van der Waals surface area contributed by atoms with E-state index < -0.39 is 0 Å². The normalized spacial score (nSPS) is 16.7. The maximum Gasteiger partial charge on any atom is 0.180 e. The molecule has 0 saturated heterocycles. The lowest BCUT2D eigenvalue weighted by Crippen LogP contribution is -1.76. The molecule has 0 spiro atoms. The van der Waals surface area contributed by atoms with Gasteiger partial charge in [-0.25, -0.2) is 0 Å². The molecule has 0 unspecified atom stereocenters. The van der Waals surface area contributed by atoms with E-state index in [4.69, 9.17) is 6.58 Å². The van der Waals surface area contributed by atoms with Crippen LogP contribution in [0.25, 0.3) is 5.32 Å². The molecule has 0 radical (unpaired) electrons. The molecule has 0 atom stereocenters. The van der Waals surface area contributed by atoms with Crippen LogP contribution in [0.3, 0.4) is 0 Å². The summed E-state index contributed by atoms with van der Waals surface area (Å²) in [6.45, 7) is 5.21. The van der Waals surface area contributed by atoms with Crippen molar-refractivity contribution >= 4 is 6.34 Å². The van der Waals surface area contributed by atoms with Crippen LogP contribution in [0.15, 0.2) is 23.0 Å². The molecule has 2 nitrogen and oxygen atoms in total. The number of aliphatic imine (C=N–C) groups is 1. The Kier molecular flexibility index (Phi) is 0.886. The molecule has 7 heavy (non-hydrogen) atoms. The third kappa shape index (κ3) is 0.845. The van der Waals surface area contributed by atoms with Gasteiger partial charge in [-0.15, -0.1) is 0 Å². The van der Waals surface area contributed by atoms with Gasteiger partial charge in [0.15, 0.2) is 5.70 Å². The highest BCUT2D eigenvalue weighted by Gasteiger charge is 1.84. The first-order valence-electron chi connectivity index (χ1n) is 1.91. The zero-order chi connectivity index (χ0) is 5.11. The SMILES string of the molecule is [CH+]=C1C=C[N-]C=N1. The van der Waals surface area contributed by atoms with E-state index in [2.05, 4.69) is 10.3 Å². The second-order valence-electron chi connectivity index (χ2n) is 1.13. The average Bonchev–Trinajstić information content (AvgIpc) is 1.69. The lowest BCUT2D eigenvalue weighted by molar-refractivity contribution is 1.41. The van der Waals surface area contributed by atoms with Gasteiger partial charge in [0.05, 0.1) is 12.7 Å². The van der Waals surface area contributed by atoms with E-state index in [1.165, 1.54) is 6.34 Å². The molecule has 0 bridgehead atoms. The van der Waals surface area contributed by atoms with Gasteiger partial charge in [0, 0.05) is 6.20 Å². The van der Waals surface area contributed by atoms with Crippen molar-refractivity contribution in [1.29, 1.82) is 0 Å². The van der Waals surface area contributed by atoms with Crippen LogP contribution in [-0.4, -0.2) is 6.34 Å². The third-order valence-electron chi connectivity index (χ3n) is 0.605. The molecule has 0 N–H and O–H groups in total. The Morgan fingerprint density at radius 2 is 2.57 bits per heavy atom. The van der Waals surface area contributed by atoms with Gasteiger partial charge in [0.25, 0.3) is 0 Å². The molecule has 1 rings (SSSR count). The van der Waals surface area contributed by atoms with Crippen LogP contribution >= 0.6 is 0 Å². The van der Waals surface area contributed by atoms with Gasteiger partial charge in [-0.1, -0.05) is 6.34 Å². The van der Waals surface area contributed by atoms with Crippen LogP contribution in [0.5, 0.6) is 0 Å². The van der Waals surface area contributed by atoms with Gasteiger partial charge >= 0.3 is 0 Å². The van der Waals surface area contributed by atoms with E-state index in [-0.39, 0.29) is 0 Å². The fraction of sp³-hybridized carbons (Fsp3) is 0. The fourth-order valence-corrected chi connectivity index (χ4v) is 0.301. The summed E-state index contributed by atoms with van der Waals surface area (Å²) < 4.78 is 0. The summed E-state index contributed by atoms with van der Waals surface area (Å²) in [5.41, 5.74) is 0.509. The topological polar surface area (TPSA) is 26.5 Å². The summed E-state index contributed by atoms with van der Waals surface area (Å²) in [6, 6.07) is 0. The predicted molar refractivity (Wildman–Crippen MR) is 28.8 cm³/mol. The highest BCUT2D eigenvalue weighted by atomic mass is 14.9. The van der Waals surface area contributed by atoms with Gasteiger partial charge < -0.3 is 10.3 Å². The highest BCUT2D eigenvalue weighted by Crippen LogP contribution is 2.01. The van der Waals surface area contributed by atoms with Crippen LogP contribution in [0.1, 0.15) is 0 Å². The van der Waals surface area contributed by atoms with Gasteiger partial charge in [-0.3, -0.25) is 0 Å². The van der Waals surface area contributed by atoms with Crippen LogP contribution < -0.4 is 0 Å². The molecule has 0 aromatic carbocycles. The predicted octanol–water partition coefficient (Wildman–Crippen LogP) is 1.23. The first-order valence-corrected chi connectivity index (χ1v) is 1.91. The Morgan fingerprint density at radius 1 is 1.71 bits per heavy atom. The molecular formula is C5H4N2. The first-order chi connectivity index (χ1) is 3.39. The van der Waals surface area contributed by atoms with Crippen molar-refractivity contribution in [2.24, 2.45) is 4.99 Å². The van der Waals surface area contributed by atoms with Crippen molar-refractivity contribution in [2.75, 3.05) is 0 Å². The number of hydrogen-bond acceptors (Lipinski definition) is 1. The Labute approximate surface area is 42.3 Å². The van der Waals surface area contributed by atoms with E-state index in [0.717, 1.165) is 0 Å². The largest absolute Gasteiger partial charge is 0.432 e. The molecule has 34 valence electrons. The van der Waals surface area contributed by atoms with E-state index in [0.29, 0.717) is 5.70 Å². The lowest BCUT2D eigenvalue weighted by atomic mass is 10.5. The van der Waals surface area contributed by atoms with Gasteiger partial charge in [-0.05, 0) is 0 Å². The molecule has 0 fully saturated rings. The molecule has 1 heterocycles. The Hall–Kier alpha value is -1.14. The van der Waals surface area contributed by atoms with E-state index >= 15 is 0 Å². The van der Waals surface area contributed by atoms with Crippen molar-refractivity contribution in [3.05, 3.63) is 29.9 Å². The van der Waals surface area contributed by atoms with Crippen molar-refractivity contribution in [1.82, 2.24) is 0 Å². The number of nitrogens with zero attached hydrogens (tertiary/aromatic N) is 2. The van der Waals surface area contributed by atoms with Crippen LogP contribution in [0.2, 0.25) is 0 Å². The van der Waals surface area contributed by atoms with E-state index in [1.807, 2.05) is 0 Å². The number of allylic oxidation sites excluding steroid dienone is 1. The summed E-state index contributed by atoms with van der Waals surface area (Å²) in [5.74, 6) is 0. The monoisotopic (exact) mass is 92.0 g/mol. The molecule has 0 aromatic heterocycles. The first kappa shape index (κ1) is 4.03. The summed E-state index contributed by atoms with van der Waals surface area (Å²) in [5, 5.41) is 3.65. The number of rotatable bonds is 0. The summed E-state index contributed by atoms with van der Waals surface area (Å²) >= 11 is 0. The van der Waals surface area contributed by atoms with Gasteiger partial charge in [-0.2, -0.15) is 0 Å². The minimum absolute atomic E-state index is 0.509. The van der Waals surface area contributed by atoms with Crippen molar-refractivity contribution in [3.8, 4) is 0 Å². The Morgan fingerprint density at radius 3 is 2.86 bits per heavy atom. The number of hydrogen-bond donors (Lipinski definition) is 0. The fourth-order valence-electron chi connectivity index (χ4n) is 0.301. The molecule has 1 aliphatic rings. The van der Waals surface area contributed by atoms with E-state index in [1.54, 1.807) is 12.3 Å². The average molecular weight is 92.1 g/mol. The quantitative estimate of drug-likeness (QED) is 0.402. The maximum absolute atomic E-state index is 5.21. The second-order valence-corrected chi connectivity index (χ2v) is 1.13. The van der Waals surface area contributed by atoms with E-state index in [9.17, 15) is 0 Å². The van der Waals surface area contributed by atoms with Crippen molar-refractivity contribution in [3.63, 3.8) is 0 Å². The van der Waals surface area contributed by atoms with Gasteiger partial charge in [0.2, 0.25) is 0 Å². The van der Waals surface area contributed by atoms with Crippen molar-refractivity contribution < 1.29 is 0 Å². The highest BCUT2D eigenvalue weighted by molar-refractivity contribution is 5.76. The second kappa shape index (κ2) is 1.54. The minimum atomic E-state index is 0.509. The van der Waals surface area contributed by atoms with Crippen LogP contribution in [0.4, 0.5) is 0 Å². The molecule has 2 heteroatoms. The minimum Gasteiger partial charge on any atom is -0.432 e. The van der Waals surface area contributed by atoms with Crippen LogP contribution in [0, 0.1) is 6.58 Å².